The van der Waals surface area contributed by atoms with Gasteiger partial charge in [0.05, 0.1) is 17.2 Å². The highest BCUT2D eigenvalue weighted by molar-refractivity contribution is 7.92. The number of nitrogens with one attached hydrogen (secondary N) is 1. The first kappa shape index (κ1) is 34.2. The summed E-state index contributed by atoms with van der Waals surface area (Å²) in [5, 5.41) is 3.56. The molecule has 2 amide bonds. The third-order valence-corrected chi connectivity index (χ3v) is 9.26. The maximum Gasteiger partial charge on any atom is 0.264 e. The van der Waals surface area contributed by atoms with E-state index in [9.17, 15) is 18.0 Å². The molecule has 11 heteroatoms. The van der Waals surface area contributed by atoms with Crippen molar-refractivity contribution in [3.63, 3.8) is 0 Å². The Balaban J connectivity index is 2.14. The SMILES string of the molecule is CCOc1ccccc1N(CC(=O)N(Cc1c(Cl)cccc1Cl)[C@H](CC)C(=O)NCC(C)C)S(=O)(=O)c1ccc(C)cc1. The molecule has 3 aromatic carbocycles. The predicted molar refractivity (Wildman–Crippen MR) is 172 cm³/mol. The lowest BCUT2D eigenvalue weighted by molar-refractivity contribution is -0.140. The second-order valence-corrected chi connectivity index (χ2v) is 13.2. The molecule has 0 bridgehead atoms. The summed E-state index contributed by atoms with van der Waals surface area (Å²) in [5.41, 5.74) is 1.54. The van der Waals surface area contributed by atoms with E-state index in [4.69, 9.17) is 27.9 Å². The Morgan fingerprint density at radius 2 is 1.56 bits per heavy atom. The van der Waals surface area contributed by atoms with Crippen LogP contribution in [-0.2, 0) is 26.2 Å². The van der Waals surface area contributed by atoms with Crippen LogP contribution in [0.1, 0.15) is 45.2 Å². The summed E-state index contributed by atoms with van der Waals surface area (Å²) in [6.07, 6.45) is 0.276. The Labute approximate surface area is 265 Å². The van der Waals surface area contributed by atoms with Crippen molar-refractivity contribution in [3.05, 3.63) is 87.9 Å². The van der Waals surface area contributed by atoms with Crippen molar-refractivity contribution in [1.29, 1.82) is 0 Å². The van der Waals surface area contributed by atoms with Crippen LogP contribution in [0.4, 0.5) is 5.69 Å². The van der Waals surface area contributed by atoms with Gasteiger partial charge in [-0.3, -0.25) is 13.9 Å². The molecule has 0 aromatic heterocycles. The largest absolute Gasteiger partial charge is 0.492 e. The van der Waals surface area contributed by atoms with Gasteiger partial charge in [0.1, 0.15) is 18.3 Å². The van der Waals surface area contributed by atoms with Crippen LogP contribution >= 0.6 is 23.2 Å². The van der Waals surface area contributed by atoms with E-state index in [0.717, 1.165) is 9.87 Å². The van der Waals surface area contributed by atoms with Crippen molar-refractivity contribution in [2.24, 2.45) is 5.92 Å². The van der Waals surface area contributed by atoms with Gasteiger partial charge in [-0.05, 0) is 62.6 Å². The van der Waals surface area contributed by atoms with Crippen molar-refractivity contribution < 1.29 is 22.7 Å². The minimum absolute atomic E-state index is 0.0135. The molecule has 0 aliphatic rings. The van der Waals surface area contributed by atoms with Gasteiger partial charge >= 0.3 is 0 Å². The van der Waals surface area contributed by atoms with E-state index in [-0.39, 0.29) is 42.0 Å². The predicted octanol–water partition coefficient (Wildman–Crippen LogP) is 6.48. The molecular formula is C32H39Cl2N3O5S. The number of nitrogens with zero attached hydrogens (tertiary/aromatic N) is 2. The van der Waals surface area contributed by atoms with Gasteiger partial charge in [-0.15, -0.1) is 0 Å². The maximum absolute atomic E-state index is 14.3. The lowest BCUT2D eigenvalue weighted by atomic mass is 10.1. The number of carbonyl (C=O) groups is 2. The first-order chi connectivity index (χ1) is 20.4. The molecule has 232 valence electrons. The Morgan fingerprint density at radius 3 is 2.14 bits per heavy atom. The van der Waals surface area contributed by atoms with Gasteiger partial charge in [-0.25, -0.2) is 8.42 Å². The van der Waals surface area contributed by atoms with Gasteiger partial charge in [0.2, 0.25) is 11.8 Å². The monoisotopic (exact) mass is 647 g/mol. The molecule has 1 atom stereocenters. The fourth-order valence-electron chi connectivity index (χ4n) is 4.49. The van der Waals surface area contributed by atoms with Crippen molar-refractivity contribution in [1.82, 2.24) is 10.2 Å². The Bertz CT molecular complexity index is 1490. The first-order valence-corrected chi connectivity index (χ1v) is 16.4. The summed E-state index contributed by atoms with van der Waals surface area (Å²) < 4.78 is 35.1. The number of benzene rings is 3. The minimum Gasteiger partial charge on any atom is -0.492 e. The Kier molecular flexibility index (Phi) is 12.3. The molecule has 43 heavy (non-hydrogen) atoms. The van der Waals surface area contributed by atoms with Crippen LogP contribution in [0.3, 0.4) is 0 Å². The van der Waals surface area contributed by atoms with Crippen LogP contribution < -0.4 is 14.4 Å². The molecule has 0 fully saturated rings. The van der Waals surface area contributed by atoms with Gasteiger partial charge in [0, 0.05) is 28.7 Å². The molecule has 8 nitrogen and oxygen atoms in total. The average Bonchev–Trinajstić information content (AvgIpc) is 2.96. The van der Waals surface area contributed by atoms with Gasteiger partial charge in [-0.2, -0.15) is 0 Å². The molecule has 0 spiro atoms. The number of rotatable bonds is 14. The molecule has 3 aromatic rings. The zero-order valence-corrected chi connectivity index (χ0v) is 27.5. The third-order valence-electron chi connectivity index (χ3n) is 6.78. The van der Waals surface area contributed by atoms with Crippen LogP contribution in [0.15, 0.2) is 71.6 Å². The zero-order chi connectivity index (χ0) is 31.7. The smallest absolute Gasteiger partial charge is 0.264 e. The highest BCUT2D eigenvalue weighted by Gasteiger charge is 2.35. The average molecular weight is 649 g/mol. The number of hydrogen-bond donors (Lipinski definition) is 1. The van der Waals surface area contributed by atoms with Gasteiger partial charge in [0.25, 0.3) is 10.0 Å². The van der Waals surface area contributed by atoms with E-state index < -0.39 is 28.5 Å². The normalized spacial score (nSPS) is 12.1. The quantitative estimate of drug-likeness (QED) is 0.216. The number of hydrogen-bond acceptors (Lipinski definition) is 5. The van der Waals surface area contributed by atoms with E-state index in [0.29, 0.717) is 27.9 Å². The molecule has 0 radical (unpaired) electrons. The molecule has 3 rings (SSSR count). The number of amides is 2. The van der Waals surface area contributed by atoms with Crippen molar-refractivity contribution in [3.8, 4) is 5.75 Å². The summed E-state index contributed by atoms with van der Waals surface area (Å²) in [6, 6.07) is 17.1. The number of sulfonamides is 1. The molecule has 0 heterocycles. The van der Waals surface area contributed by atoms with Crippen LogP contribution in [-0.4, -0.2) is 50.9 Å². The lowest BCUT2D eigenvalue weighted by Gasteiger charge is -2.34. The lowest BCUT2D eigenvalue weighted by Crippen LogP contribution is -2.52. The Morgan fingerprint density at radius 1 is 0.930 bits per heavy atom. The number of ether oxygens (including phenoxy) is 1. The van der Waals surface area contributed by atoms with E-state index in [2.05, 4.69) is 5.32 Å². The zero-order valence-electron chi connectivity index (χ0n) is 25.1. The molecular weight excluding hydrogens is 609 g/mol. The maximum atomic E-state index is 14.3. The highest BCUT2D eigenvalue weighted by atomic mass is 35.5. The fourth-order valence-corrected chi connectivity index (χ4v) is 6.43. The van der Waals surface area contributed by atoms with Gasteiger partial charge < -0.3 is 15.0 Å². The van der Waals surface area contributed by atoms with Crippen LogP contribution in [0.2, 0.25) is 10.0 Å². The minimum atomic E-state index is -4.25. The van der Waals surface area contributed by atoms with E-state index in [1.54, 1.807) is 68.4 Å². The van der Waals surface area contributed by atoms with E-state index in [1.165, 1.54) is 17.0 Å². The number of para-hydroxylation sites is 2. The van der Waals surface area contributed by atoms with E-state index in [1.807, 2.05) is 20.8 Å². The second-order valence-electron chi connectivity index (χ2n) is 10.5. The van der Waals surface area contributed by atoms with Gasteiger partial charge in [-0.1, -0.05) is 79.9 Å². The summed E-state index contributed by atoms with van der Waals surface area (Å²) in [6.45, 7) is 9.38. The van der Waals surface area contributed by atoms with E-state index >= 15 is 0 Å². The molecule has 0 saturated carbocycles. The van der Waals surface area contributed by atoms with Crippen molar-refractivity contribution >= 4 is 50.7 Å². The number of aryl methyl sites for hydroxylation is 1. The first-order valence-electron chi connectivity index (χ1n) is 14.2. The molecule has 0 unspecified atom stereocenters. The topological polar surface area (TPSA) is 96.0 Å². The third kappa shape index (κ3) is 8.65. The number of anilines is 1. The molecule has 1 N–H and O–H groups in total. The van der Waals surface area contributed by atoms with Gasteiger partial charge in [0.15, 0.2) is 0 Å². The fraction of sp³-hybridized carbons (Fsp3) is 0.375. The van der Waals surface area contributed by atoms with Crippen LogP contribution in [0, 0.1) is 12.8 Å². The van der Waals surface area contributed by atoms with Crippen molar-refractivity contribution in [2.75, 3.05) is 24.0 Å². The summed E-state index contributed by atoms with van der Waals surface area (Å²) in [4.78, 5) is 29.1. The second kappa shape index (κ2) is 15.5. The van der Waals surface area contributed by atoms with Crippen molar-refractivity contribution in [2.45, 2.75) is 58.5 Å². The van der Waals surface area contributed by atoms with Crippen LogP contribution in [0.5, 0.6) is 5.75 Å². The standard InChI is InChI=1S/C32H39Cl2N3O5S/c1-6-28(32(39)35-19-22(3)4)36(20-25-26(33)11-10-12-27(25)34)31(38)21-37(29-13-8-9-14-30(29)42-7-2)43(40,41)24-17-15-23(5)16-18-24/h8-18,22,28H,6-7,19-21H2,1-5H3,(H,35,39)/t28-/m1/s1. The Hall–Kier alpha value is -3.27. The number of halogens is 2. The summed E-state index contributed by atoms with van der Waals surface area (Å²) in [7, 11) is -4.25. The highest BCUT2D eigenvalue weighted by Crippen LogP contribution is 2.33. The summed E-state index contributed by atoms with van der Waals surface area (Å²) >= 11 is 13.0. The number of carbonyl (C=O) groups excluding carboxylic acids is 2. The molecule has 0 saturated heterocycles. The summed E-state index contributed by atoms with van der Waals surface area (Å²) in [5.74, 6) is -0.468. The molecule has 0 aliphatic carbocycles. The van der Waals surface area contributed by atoms with Crippen LogP contribution in [0.25, 0.3) is 0 Å². The molecule has 0 aliphatic heterocycles.